The summed E-state index contributed by atoms with van der Waals surface area (Å²) in [6, 6.07) is 13.9. The van der Waals surface area contributed by atoms with Crippen molar-refractivity contribution in [3.8, 4) is 5.88 Å². The fourth-order valence-electron chi connectivity index (χ4n) is 4.89. The van der Waals surface area contributed by atoms with E-state index >= 15 is 0 Å². The average molecular weight is 423 g/mol. The first-order chi connectivity index (χ1) is 15.1. The van der Waals surface area contributed by atoms with Gasteiger partial charge in [-0.25, -0.2) is 4.98 Å². The molecule has 2 aromatic rings. The third-order valence-corrected chi connectivity index (χ3v) is 6.62. The van der Waals surface area contributed by atoms with Crippen LogP contribution < -0.4 is 20.3 Å². The first-order valence-corrected chi connectivity index (χ1v) is 11.5. The summed E-state index contributed by atoms with van der Waals surface area (Å²) in [5.74, 6) is 0.791. The van der Waals surface area contributed by atoms with E-state index in [1.165, 1.54) is 24.8 Å². The number of carbonyl (C=O) groups is 1. The zero-order valence-electron chi connectivity index (χ0n) is 18.9. The molecule has 2 aliphatic heterocycles. The number of nitrogens with one attached hydrogen (secondary N) is 2. The number of carbonyl (C=O) groups excluding carboxylic acids is 1. The monoisotopic (exact) mass is 422 g/mol. The molecule has 1 aromatic heterocycles. The molecule has 1 fully saturated rings. The zero-order valence-corrected chi connectivity index (χ0v) is 18.9. The molecule has 31 heavy (non-hydrogen) atoms. The second-order valence-electron chi connectivity index (χ2n) is 8.68. The molecule has 6 heteroatoms. The van der Waals surface area contributed by atoms with Crippen molar-refractivity contribution in [3.05, 3.63) is 53.2 Å². The number of nitrogens with zero attached hydrogens (tertiary/aromatic N) is 2. The third kappa shape index (κ3) is 4.75. The number of benzene rings is 1. The molecule has 0 saturated carbocycles. The Hall–Kier alpha value is -2.44. The predicted molar refractivity (Wildman–Crippen MR) is 123 cm³/mol. The number of ether oxygens (including phenoxy) is 1. The van der Waals surface area contributed by atoms with Gasteiger partial charge in [-0.3, -0.25) is 4.79 Å². The third-order valence-electron chi connectivity index (χ3n) is 6.62. The Morgan fingerprint density at radius 3 is 2.77 bits per heavy atom. The first kappa shape index (κ1) is 21.8. The number of pyridine rings is 1. The van der Waals surface area contributed by atoms with Crippen molar-refractivity contribution in [2.45, 2.75) is 70.1 Å². The minimum Gasteiger partial charge on any atom is -0.481 e. The molecule has 0 bridgehead atoms. The molecule has 0 spiro atoms. The van der Waals surface area contributed by atoms with Crippen molar-refractivity contribution < 1.29 is 9.53 Å². The highest BCUT2D eigenvalue weighted by molar-refractivity contribution is 5.95. The Morgan fingerprint density at radius 2 is 2.03 bits per heavy atom. The molecule has 6 nitrogen and oxygen atoms in total. The SMILES string of the molecule is CCC[C@@H]1CC[C@@H](NCc2cc3c(nc2OC)CCC(=O)N3C)[C@@H](c2ccccc2)N1. The van der Waals surface area contributed by atoms with Gasteiger partial charge in [-0.05, 0) is 30.9 Å². The van der Waals surface area contributed by atoms with Crippen molar-refractivity contribution in [3.63, 3.8) is 0 Å². The van der Waals surface area contributed by atoms with E-state index in [1.807, 2.05) is 7.05 Å². The van der Waals surface area contributed by atoms with E-state index in [2.05, 4.69) is 54.0 Å². The largest absolute Gasteiger partial charge is 0.481 e. The lowest BCUT2D eigenvalue weighted by Gasteiger charge is -2.38. The van der Waals surface area contributed by atoms with Crippen LogP contribution in [-0.2, 0) is 17.8 Å². The van der Waals surface area contributed by atoms with Crippen LogP contribution in [0.25, 0.3) is 0 Å². The van der Waals surface area contributed by atoms with Crippen LogP contribution in [0.1, 0.15) is 61.9 Å². The molecule has 0 aliphatic carbocycles. The molecule has 1 amide bonds. The van der Waals surface area contributed by atoms with Gasteiger partial charge in [-0.2, -0.15) is 0 Å². The van der Waals surface area contributed by atoms with Crippen LogP contribution in [0.3, 0.4) is 0 Å². The number of methoxy groups -OCH3 is 1. The molecule has 1 aromatic carbocycles. The Bertz CT molecular complexity index is 902. The number of amides is 1. The lowest BCUT2D eigenvalue weighted by atomic mass is 9.87. The quantitative estimate of drug-likeness (QED) is 0.711. The van der Waals surface area contributed by atoms with Crippen LogP contribution in [0.2, 0.25) is 0 Å². The number of rotatable bonds is 7. The van der Waals surface area contributed by atoms with E-state index in [4.69, 9.17) is 9.72 Å². The van der Waals surface area contributed by atoms with Crippen molar-refractivity contribution in [1.82, 2.24) is 15.6 Å². The van der Waals surface area contributed by atoms with Crippen molar-refractivity contribution in [2.24, 2.45) is 0 Å². The fraction of sp³-hybridized carbons (Fsp3) is 0.520. The van der Waals surface area contributed by atoms with E-state index in [-0.39, 0.29) is 11.9 Å². The average Bonchev–Trinajstić information content (AvgIpc) is 2.81. The summed E-state index contributed by atoms with van der Waals surface area (Å²) in [6.07, 6.45) is 5.87. The smallest absolute Gasteiger partial charge is 0.227 e. The van der Waals surface area contributed by atoms with Gasteiger partial charge < -0.3 is 20.3 Å². The number of anilines is 1. The number of piperidine rings is 1. The minimum absolute atomic E-state index is 0.140. The van der Waals surface area contributed by atoms with Crippen molar-refractivity contribution in [2.75, 3.05) is 19.1 Å². The van der Waals surface area contributed by atoms with E-state index in [0.29, 0.717) is 37.4 Å². The number of fused-ring (bicyclic) bond motifs is 1. The standard InChI is InChI=1S/C25H34N4O2/c1-4-8-19-11-12-21(24(27-19)17-9-6-5-7-10-17)26-16-18-15-22-20(28-25(18)31-3)13-14-23(30)29(22)2/h5-7,9-10,15,19,21,24,26-27H,4,8,11-14,16H2,1-3H3/t19-,21-,24-/m1/s1. The van der Waals surface area contributed by atoms with Crippen molar-refractivity contribution in [1.29, 1.82) is 0 Å². The summed E-state index contributed by atoms with van der Waals surface area (Å²) in [6.45, 7) is 2.90. The lowest BCUT2D eigenvalue weighted by molar-refractivity contribution is -0.118. The fourth-order valence-corrected chi connectivity index (χ4v) is 4.89. The number of aromatic nitrogens is 1. The predicted octanol–water partition coefficient (Wildman–Crippen LogP) is 3.75. The van der Waals surface area contributed by atoms with Gasteiger partial charge in [-0.1, -0.05) is 43.7 Å². The van der Waals surface area contributed by atoms with Crippen molar-refractivity contribution >= 4 is 11.6 Å². The molecule has 3 atom stereocenters. The zero-order chi connectivity index (χ0) is 21.8. The van der Waals surface area contributed by atoms with Crippen LogP contribution in [0.4, 0.5) is 5.69 Å². The van der Waals surface area contributed by atoms with Gasteiger partial charge in [0.05, 0.1) is 18.5 Å². The van der Waals surface area contributed by atoms with Gasteiger partial charge in [0, 0.05) is 50.1 Å². The maximum absolute atomic E-state index is 12.2. The molecule has 1 saturated heterocycles. The Balaban J connectivity index is 1.54. The Kier molecular flexibility index (Phi) is 6.88. The molecule has 2 aliphatic rings. The van der Waals surface area contributed by atoms with E-state index in [9.17, 15) is 4.79 Å². The van der Waals surface area contributed by atoms with Gasteiger partial charge in [0.1, 0.15) is 0 Å². The summed E-state index contributed by atoms with van der Waals surface area (Å²) in [4.78, 5) is 18.6. The van der Waals surface area contributed by atoms with Crippen LogP contribution in [0.15, 0.2) is 36.4 Å². The molecular formula is C25H34N4O2. The van der Waals surface area contributed by atoms with E-state index in [0.717, 1.165) is 23.4 Å². The van der Waals surface area contributed by atoms with Gasteiger partial charge in [-0.15, -0.1) is 0 Å². The van der Waals surface area contributed by atoms with Crippen LogP contribution in [0.5, 0.6) is 5.88 Å². The highest BCUT2D eigenvalue weighted by atomic mass is 16.5. The minimum atomic E-state index is 0.140. The maximum Gasteiger partial charge on any atom is 0.227 e. The summed E-state index contributed by atoms with van der Waals surface area (Å²) in [5.41, 5.74) is 4.15. The molecule has 2 N–H and O–H groups in total. The lowest BCUT2D eigenvalue weighted by Crippen LogP contribution is -2.50. The van der Waals surface area contributed by atoms with E-state index < -0.39 is 0 Å². The Labute approximate surface area is 185 Å². The van der Waals surface area contributed by atoms with Gasteiger partial charge in [0.25, 0.3) is 0 Å². The van der Waals surface area contributed by atoms with Gasteiger partial charge in [0.2, 0.25) is 11.8 Å². The summed E-state index contributed by atoms with van der Waals surface area (Å²) < 4.78 is 5.60. The first-order valence-electron chi connectivity index (χ1n) is 11.5. The molecule has 4 rings (SSSR count). The van der Waals surface area contributed by atoms with Crippen LogP contribution >= 0.6 is 0 Å². The molecule has 0 unspecified atom stereocenters. The van der Waals surface area contributed by atoms with Gasteiger partial charge in [0.15, 0.2) is 0 Å². The maximum atomic E-state index is 12.2. The highest BCUT2D eigenvalue weighted by Gasteiger charge is 2.31. The molecule has 0 radical (unpaired) electrons. The number of hydrogen-bond donors (Lipinski definition) is 2. The van der Waals surface area contributed by atoms with Gasteiger partial charge >= 0.3 is 0 Å². The summed E-state index contributed by atoms with van der Waals surface area (Å²) in [7, 11) is 3.50. The normalized spacial score (nSPS) is 23.5. The van der Waals surface area contributed by atoms with Crippen LogP contribution in [-0.4, -0.2) is 37.1 Å². The number of hydrogen-bond acceptors (Lipinski definition) is 5. The Morgan fingerprint density at radius 1 is 1.23 bits per heavy atom. The molecular weight excluding hydrogens is 388 g/mol. The van der Waals surface area contributed by atoms with Crippen LogP contribution in [0, 0.1) is 0 Å². The highest BCUT2D eigenvalue weighted by Crippen LogP contribution is 2.32. The second kappa shape index (κ2) is 9.79. The molecule has 166 valence electrons. The second-order valence-corrected chi connectivity index (χ2v) is 8.68. The summed E-state index contributed by atoms with van der Waals surface area (Å²) in [5, 5.41) is 7.66. The molecule has 3 heterocycles. The number of aryl methyl sites for hydroxylation is 1. The van der Waals surface area contributed by atoms with E-state index in [1.54, 1.807) is 12.0 Å². The topological polar surface area (TPSA) is 66.5 Å². The summed E-state index contributed by atoms with van der Waals surface area (Å²) >= 11 is 0.